The van der Waals surface area contributed by atoms with Crippen LogP contribution in [0.25, 0.3) is 0 Å². The van der Waals surface area contributed by atoms with E-state index in [1.54, 1.807) is 29.1 Å². The van der Waals surface area contributed by atoms with E-state index in [2.05, 4.69) is 36.4 Å². The van der Waals surface area contributed by atoms with Crippen LogP contribution in [0.3, 0.4) is 0 Å². The molecule has 156 valence electrons. The molecule has 0 fully saturated rings. The summed E-state index contributed by atoms with van der Waals surface area (Å²) in [5.41, 5.74) is 8.25. The average Bonchev–Trinajstić information content (AvgIpc) is 3.16. The van der Waals surface area contributed by atoms with Crippen LogP contribution < -0.4 is 15.8 Å². The molecule has 3 N–H and O–H groups in total. The summed E-state index contributed by atoms with van der Waals surface area (Å²) in [7, 11) is 0. The minimum Gasteiger partial charge on any atom is -0.489 e. The standard InChI is InChI=1S/C23H26N4O3/c1-4-27-13-20(21(26-27)22(24)28)25-23(29)18-7-5-6-16(12-18)14-30-19-10-8-17(9-11-19)15(2)3/h5-13,15H,4,14H2,1-3H3,(H2,24,28)(H,25,29). The molecule has 0 aliphatic carbocycles. The third-order valence-corrected chi connectivity index (χ3v) is 4.71. The highest BCUT2D eigenvalue weighted by Gasteiger charge is 2.17. The van der Waals surface area contributed by atoms with Gasteiger partial charge in [-0.05, 0) is 48.2 Å². The maximum atomic E-state index is 12.7. The van der Waals surface area contributed by atoms with Crippen molar-refractivity contribution < 1.29 is 14.3 Å². The first kappa shape index (κ1) is 21.1. The van der Waals surface area contributed by atoms with Crippen LogP contribution in [0, 0.1) is 0 Å². The lowest BCUT2D eigenvalue weighted by atomic mass is 10.0. The molecule has 7 heteroatoms. The predicted octanol–water partition coefficient (Wildman–Crippen LogP) is 3.96. The summed E-state index contributed by atoms with van der Waals surface area (Å²) in [5, 5.41) is 6.80. The SMILES string of the molecule is CCn1cc(NC(=O)c2cccc(COc3ccc(C(C)C)cc3)c2)c(C(N)=O)n1. The molecular formula is C23H26N4O3. The van der Waals surface area contributed by atoms with Gasteiger partial charge in [0.15, 0.2) is 5.69 Å². The van der Waals surface area contributed by atoms with E-state index in [0.717, 1.165) is 11.3 Å². The fraction of sp³-hybridized carbons (Fsp3) is 0.261. The summed E-state index contributed by atoms with van der Waals surface area (Å²) in [6, 6.07) is 15.1. The van der Waals surface area contributed by atoms with Crippen molar-refractivity contribution >= 4 is 17.5 Å². The van der Waals surface area contributed by atoms with Gasteiger partial charge in [0.2, 0.25) is 0 Å². The summed E-state index contributed by atoms with van der Waals surface area (Å²) < 4.78 is 7.39. The molecule has 2 amide bonds. The van der Waals surface area contributed by atoms with Crippen LogP contribution in [0.2, 0.25) is 0 Å². The fourth-order valence-electron chi connectivity index (χ4n) is 2.97. The second-order valence-electron chi connectivity index (χ2n) is 7.28. The Hall–Kier alpha value is -3.61. The second-order valence-corrected chi connectivity index (χ2v) is 7.28. The molecule has 0 unspecified atom stereocenters. The molecule has 0 spiro atoms. The maximum absolute atomic E-state index is 12.7. The summed E-state index contributed by atoms with van der Waals surface area (Å²) in [5.74, 6) is 0.195. The molecule has 0 aliphatic heterocycles. The van der Waals surface area contributed by atoms with Crippen LogP contribution >= 0.6 is 0 Å². The third kappa shape index (κ3) is 5.05. The van der Waals surface area contributed by atoms with Gasteiger partial charge in [0.25, 0.3) is 11.8 Å². The van der Waals surface area contributed by atoms with E-state index >= 15 is 0 Å². The molecule has 0 saturated carbocycles. The van der Waals surface area contributed by atoms with Gasteiger partial charge in [-0.2, -0.15) is 5.10 Å². The van der Waals surface area contributed by atoms with Crippen molar-refractivity contribution in [2.45, 2.75) is 39.8 Å². The van der Waals surface area contributed by atoms with E-state index in [1.165, 1.54) is 5.56 Å². The lowest BCUT2D eigenvalue weighted by Gasteiger charge is -2.10. The molecule has 0 aliphatic rings. The number of nitrogens with two attached hydrogens (primary N) is 1. The molecule has 3 rings (SSSR count). The van der Waals surface area contributed by atoms with Gasteiger partial charge in [0.1, 0.15) is 12.4 Å². The van der Waals surface area contributed by atoms with E-state index < -0.39 is 5.91 Å². The van der Waals surface area contributed by atoms with Crippen LogP contribution in [0.1, 0.15) is 58.7 Å². The smallest absolute Gasteiger partial charge is 0.271 e. The van der Waals surface area contributed by atoms with Crippen LogP contribution in [0.4, 0.5) is 5.69 Å². The number of nitrogens with zero attached hydrogens (tertiary/aromatic N) is 2. The normalized spacial score (nSPS) is 10.8. The van der Waals surface area contributed by atoms with Gasteiger partial charge < -0.3 is 15.8 Å². The van der Waals surface area contributed by atoms with E-state index in [0.29, 0.717) is 30.3 Å². The number of benzene rings is 2. The van der Waals surface area contributed by atoms with Crippen LogP contribution in [0.15, 0.2) is 54.7 Å². The highest BCUT2D eigenvalue weighted by atomic mass is 16.5. The second kappa shape index (κ2) is 9.26. The zero-order valence-corrected chi connectivity index (χ0v) is 17.4. The van der Waals surface area contributed by atoms with Crippen molar-refractivity contribution in [2.75, 3.05) is 5.32 Å². The van der Waals surface area contributed by atoms with Gasteiger partial charge in [-0.15, -0.1) is 0 Å². The quantitative estimate of drug-likeness (QED) is 0.591. The first-order valence-corrected chi connectivity index (χ1v) is 9.87. The lowest BCUT2D eigenvalue weighted by Crippen LogP contribution is -2.18. The van der Waals surface area contributed by atoms with Crippen molar-refractivity contribution in [1.82, 2.24) is 9.78 Å². The molecule has 2 aromatic carbocycles. The van der Waals surface area contributed by atoms with Gasteiger partial charge in [-0.1, -0.05) is 38.1 Å². The molecule has 3 aromatic rings. The first-order chi connectivity index (χ1) is 14.4. The molecule has 0 atom stereocenters. The molecule has 30 heavy (non-hydrogen) atoms. The number of amides is 2. The van der Waals surface area contributed by atoms with Gasteiger partial charge in [-0.3, -0.25) is 14.3 Å². The summed E-state index contributed by atoms with van der Waals surface area (Å²) in [4.78, 5) is 24.3. The Kier molecular flexibility index (Phi) is 6.51. The highest BCUT2D eigenvalue weighted by Crippen LogP contribution is 2.20. The predicted molar refractivity (Wildman–Crippen MR) is 116 cm³/mol. The number of aromatic nitrogens is 2. The summed E-state index contributed by atoms with van der Waals surface area (Å²) in [6.45, 7) is 7.06. The number of hydrogen-bond donors (Lipinski definition) is 2. The van der Waals surface area contributed by atoms with Crippen molar-refractivity contribution in [1.29, 1.82) is 0 Å². The van der Waals surface area contributed by atoms with Crippen LogP contribution in [-0.2, 0) is 13.2 Å². The molecule has 1 heterocycles. The Bertz CT molecular complexity index is 1040. The monoisotopic (exact) mass is 406 g/mol. The van der Waals surface area contributed by atoms with Crippen molar-refractivity contribution in [3.63, 3.8) is 0 Å². The number of carbonyl (C=O) groups is 2. The van der Waals surface area contributed by atoms with Crippen LogP contribution in [-0.4, -0.2) is 21.6 Å². The van der Waals surface area contributed by atoms with Crippen molar-refractivity contribution in [2.24, 2.45) is 5.73 Å². The number of nitrogens with one attached hydrogen (secondary N) is 1. The number of aryl methyl sites for hydroxylation is 1. The van der Waals surface area contributed by atoms with E-state index in [1.807, 2.05) is 25.1 Å². The summed E-state index contributed by atoms with van der Waals surface area (Å²) >= 11 is 0. The molecular weight excluding hydrogens is 380 g/mol. The van der Waals surface area contributed by atoms with E-state index in [4.69, 9.17) is 10.5 Å². The number of rotatable bonds is 8. The van der Waals surface area contributed by atoms with Gasteiger partial charge >= 0.3 is 0 Å². The lowest BCUT2D eigenvalue weighted by molar-refractivity contribution is 0.0995. The van der Waals surface area contributed by atoms with Gasteiger partial charge in [-0.25, -0.2) is 0 Å². The molecule has 0 radical (unpaired) electrons. The maximum Gasteiger partial charge on any atom is 0.271 e. The minimum atomic E-state index is -0.692. The number of anilines is 1. The minimum absolute atomic E-state index is 0.0366. The molecule has 0 bridgehead atoms. The Morgan fingerprint density at radius 1 is 1.17 bits per heavy atom. The Morgan fingerprint density at radius 3 is 2.53 bits per heavy atom. The third-order valence-electron chi connectivity index (χ3n) is 4.71. The van der Waals surface area contributed by atoms with Crippen molar-refractivity contribution in [3.05, 3.63) is 77.1 Å². The number of hydrogen-bond acceptors (Lipinski definition) is 4. The number of primary amides is 1. The highest BCUT2D eigenvalue weighted by molar-refractivity contribution is 6.08. The summed E-state index contributed by atoms with van der Waals surface area (Å²) in [6.07, 6.45) is 1.59. The zero-order chi connectivity index (χ0) is 21.7. The molecule has 0 saturated heterocycles. The average molecular weight is 406 g/mol. The molecule has 7 nitrogen and oxygen atoms in total. The van der Waals surface area contributed by atoms with E-state index in [9.17, 15) is 9.59 Å². The Balaban J connectivity index is 1.68. The number of ether oxygens (including phenoxy) is 1. The number of carbonyl (C=O) groups excluding carboxylic acids is 2. The van der Waals surface area contributed by atoms with Gasteiger partial charge in [0, 0.05) is 18.3 Å². The Labute approximate surface area is 175 Å². The fourth-order valence-corrected chi connectivity index (χ4v) is 2.97. The van der Waals surface area contributed by atoms with E-state index in [-0.39, 0.29) is 11.6 Å². The topological polar surface area (TPSA) is 99.2 Å². The molecule has 1 aromatic heterocycles. The van der Waals surface area contributed by atoms with Crippen LogP contribution in [0.5, 0.6) is 5.75 Å². The van der Waals surface area contributed by atoms with Gasteiger partial charge in [0.05, 0.1) is 5.69 Å². The first-order valence-electron chi connectivity index (χ1n) is 9.87. The Morgan fingerprint density at radius 2 is 1.90 bits per heavy atom. The largest absolute Gasteiger partial charge is 0.489 e. The van der Waals surface area contributed by atoms with Crippen molar-refractivity contribution in [3.8, 4) is 5.75 Å². The zero-order valence-electron chi connectivity index (χ0n) is 17.4.